The summed E-state index contributed by atoms with van der Waals surface area (Å²) in [6, 6.07) is 7.06. The first-order valence-electron chi connectivity index (χ1n) is 17.7. The summed E-state index contributed by atoms with van der Waals surface area (Å²) in [5.41, 5.74) is 5.95. The molecule has 3 rings (SSSR count). The van der Waals surface area contributed by atoms with E-state index >= 15 is 0 Å². The minimum absolute atomic E-state index is 0.246. The molecule has 4 heteroatoms. The predicted octanol–water partition coefficient (Wildman–Crippen LogP) is 12.4. The predicted molar refractivity (Wildman–Crippen MR) is 194 cm³/mol. The lowest BCUT2D eigenvalue weighted by atomic mass is 9.63. The molecule has 0 aliphatic heterocycles. The molecule has 0 saturated heterocycles. The van der Waals surface area contributed by atoms with Crippen molar-refractivity contribution >= 4 is 22.3 Å². The molecule has 246 valence electrons. The number of carbonyl (C=O) groups is 1. The molecule has 1 aromatic carbocycles. The Bertz CT molecular complexity index is 1050. The zero-order chi connectivity index (χ0) is 32.6. The van der Waals surface area contributed by atoms with Crippen molar-refractivity contribution in [3.05, 3.63) is 34.7 Å². The van der Waals surface area contributed by atoms with Crippen LogP contribution in [-0.4, -0.2) is 23.9 Å². The second-order valence-corrected chi connectivity index (χ2v) is 15.1. The summed E-state index contributed by atoms with van der Waals surface area (Å²) < 4.78 is 0. The van der Waals surface area contributed by atoms with Crippen LogP contribution in [0.4, 0.5) is 5.13 Å². The molecule has 43 heavy (non-hydrogen) atoms. The molecule has 1 aliphatic carbocycles. The van der Waals surface area contributed by atoms with Crippen molar-refractivity contribution in [3.63, 3.8) is 0 Å². The molecule has 0 bridgehead atoms. The average molecular weight is 613 g/mol. The van der Waals surface area contributed by atoms with Gasteiger partial charge >= 0.3 is 0 Å². The smallest absolute Gasteiger partial charge is 0.185 e. The van der Waals surface area contributed by atoms with Gasteiger partial charge in [0.25, 0.3) is 0 Å². The number of carbonyl (C=O) groups excluding carboxylic acids is 1. The van der Waals surface area contributed by atoms with Gasteiger partial charge in [-0.15, -0.1) is 11.3 Å². The Labute approximate surface area is 271 Å². The van der Waals surface area contributed by atoms with Crippen molar-refractivity contribution in [2.45, 2.75) is 165 Å². The number of aromatic nitrogens is 1. The van der Waals surface area contributed by atoms with Gasteiger partial charge in [-0.3, -0.25) is 4.79 Å². The van der Waals surface area contributed by atoms with E-state index in [4.69, 9.17) is 4.98 Å². The maximum absolute atomic E-state index is 11.8. The summed E-state index contributed by atoms with van der Waals surface area (Å²) in [5.74, 6) is 1.30. The zero-order valence-corrected chi connectivity index (χ0v) is 31.2. The van der Waals surface area contributed by atoms with E-state index in [9.17, 15) is 4.79 Å². The summed E-state index contributed by atoms with van der Waals surface area (Å²) in [6.45, 7) is 29.1. The monoisotopic (exact) mass is 613 g/mol. The number of thiazole rings is 1. The van der Waals surface area contributed by atoms with Crippen molar-refractivity contribution in [3.8, 4) is 11.3 Å². The zero-order valence-electron chi connectivity index (χ0n) is 30.4. The maximum atomic E-state index is 11.8. The molecule has 0 N–H and O–H groups in total. The molecule has 1 aliphatic rings. The highest BCUT2D eigenvalue weighted by Crippen LogP contribution is 2.47. The number of hydrogen-bond donors (Lipinski definition) is 0. The second kappa shape index (κ2) is 19.7. The van der Waals surface area contributed by atoms with Crippen LogP contribution in [0.25, 0.3) is 11.3 Å². The summed E-state index contributed by atoms with van der Waals surface area (Å²) in [7, 11) is 0. The summed E-state index contributed by atoms with van der Waals surface area (Å²) in [6.07, 6.45) is 12.7. The number of benzene rings is 1. The number of unbranched alkanes of at least 4 members (excludes halogenated alkanes) is 3. The van der Waals surface area contributed by atoms with Crippen molar-refractivity contribution in [2.24, 2.45) is 11.8 Å². The van der Waals surface area contributed by atoms with Gasteiger partial charge < -0.3 is 4.90 Å². The Morgan fingerprint density at radius 2 is 1.44 bits per heavy atom. The standard InChI is InChI=1S/C23H34N2S.C13H26O.C3H8/c1-7-13-25(14-8-2)21-24-20(16-26-21)17-9-10-18-19(15-17)23(5,6)12-11-22(18,3)4;1-5-7-8-9-10-13(14)12(6-2)11(3)4;1-3-2/h9-10,15-16H,7-8,11-14H2,1-6H3;11-12H,5-10H2,1-4H3;3H2,1-2H3. The van der Waals surface area contributed by atoms with E-state index < -0.39 is 0 Å². The van der Waals surface area contributed by atoms with E-state index in [1.54, 1.807) is 11.3 Å². The molecule has 1 aromatic heterocycles. The van der Waals surface area contributed by atoms with Gasteiger partial charge in [-0.25, -0.2) is 4.98 Å². The van der Waals surface area contributed by atoms with Gasteiger partial charge in [-0.05, 0) is 72.5 Å². The molecule has 1 unspecified atom stereocenters. The van der Waals surface area contributed by atoms with E-state index in [2.05, 4.69) is 112 Å². The van der Waals surface area contributed by atoms with E-state index in [0.29, 0.717) is 17.6 Å². The normalized spacial score (nSPS) is 15.5. The number of hydrogen-bond acceptors (Lipinski definition) is 4. The fourth-order valence-corrected chi connectivity index (χ4v) is 7.00. The van der Waals surface area contributed by atoms with Gasteiger partial charge in [0.15, 0.2) is 5.13 Å². The van der Waals surface area contributed by atoms with Crippen LogP contribution in [-0.2, 0) is 15.6 Å². The Balaban J connectivity index is 0.000000461. The van der Waals surface area contributed by atoms with Crippen molar-refractivity contribution in [1.29, 1.82) is 0 Å². The lowest BCUT2D eigenvalue weighted by Gasteiger charge is -2.42. The highest BCUT2D eigenvalue weighted by molar-refractivity contribution is 7.14. The topological polar surface area (TPSA) is 33.2 Å². The lowest BCUT2D eigenvalue weighted by Crippen LogP contribution is -2.33. The van der Waals surface area contributed by atoms with Gasteiger partial charge in [0.2, 0.25) is 0 Å². The second-order valence-electron chi connectivity index (χ2n) is 14.3. The quantitative estimate of drug-likeness (QED) is 0.199. The Kier molecular flexibility index (Phi) is 18.0. The van der Waals surface area contributed by atoms with Crippen LogP contribution < -0.4 is 4.90 Å². The number of ketones is 1. The van der Waals surface area contributed by atoms with Gasteiger partial charge in [0, 0.05) is 36.4 Å². The third-order valence-electron chi connectivity index (χ3n) is 8.83. The van der Waals surface area contributed by atoms with Crippen LogP contribution in [0.2, 0.25) is 0 Å². The third-order valence-corrected chi connectivity index (χ3v) is 9.73. The summed E-state index contributed by atoms with van der Waals surface area (Å²) in [4.78, 5) is 19.2. The van der Waals surface area contributed by atoms with Gasteiger partial charge in [-0.1, -0.05) is 121 Å². The van der Waals surface area contributed by atoms with Crippen molar-refractivity contribution < 1.29 is 4.79 Å². The van der Waals surface area contributed by atoms with Gasteiger partial charge in [0.05, 0.1) is 5.69 Å². The first-order chi connectivity index (χ1) is 20.3. The summed E-state index contributed by atoms with van der Waals surface area (Å²) in [5, 5.41) is 3.40. The Hall–Kier alpha value is -1.68. The van der Waals surface area contributed by atoms with Crippen LogP contribution in [0, 0.1) is 11.8 Å². The van der Waals surface area contributed by atoms with Gasteiger partial charge in [-0.2, -0.15) is 0 Å². The first kappa shape index (κ1) is 39.3. The number of Topliss-reactive ketones (excluding diaryl/α,β-unsaturated/α-hetero) is 1. The van der Waals surface area contributed by atoms with Crippen LogP contribution >= 0.6 is 11.3 Å². The maximum Gasteiger partial charge on any atom is 0.185 e. The number of nitrogens with zero attached hydrogens (tertiary/aromatic N) is 2. The largest absolute Gasteiger partial charge is 0.348 e. The molecular weight excluding hydrogens is 545 g/mol. The molecule has 3 nitrogen and oxygen atoms in total. The molecule has 0 spiro atoms. The van der Waals surface area contributed by atoms with Crippen LogP contribution in [0.5, 0.6) is 0 Å². The fourth-order valence-electron chi connectivity index (χ4n) is 6.12. The van der Waals surface area contributed by atoms with Crippen LogP contribution in [0.1, 0.15) is 165 Å². The minimum atomic E-state index is 0.246. The van der Waals surface area contributed by atoms with Crippen molar-refractivity contribution in [1.82, 2.24) is 4.98 Å². The number of rotatable bonds is 14. The van der Waals surface area contributed by atoms with Gasteiger partial charge in [0.1, 0.15) is 5.78 Å². The highest BCUT2D eigenvalue weighted by Gasteiger charge is 2.37. The first-order valence-corrected chi connectivity index (χ1v) is 18.6. The van der Waals surface area contributed by atoms with Crippen molar-refractivity contribution in [2.75, 3.05) is 18.0 Å². The lowest BCUT2D eigenvalue weighted by molar-refractivity contribution is -0.124. The highest BCUT2D eigenvalue weighted by atomic mass is 32.1. The van der Waals surface area contributed by atoms with E-state index in [1.807, 2.05) is 0 Å². The van der Waals surface area contributed by atoms with E-state index in [0.717, 1.165) is 50.9 Å². The molecule has 0 radical (unpaired) electrons. The summed E-state index contributed by atoms with van der Waals surface area (Å²) >= 11 is 1.78. The van der Waals surface area contributed by atoms with E-state index in [-0.39, 0.29) is 10.8 Å². The molecule has 1 atom stereocenters. The molecule has 2 aromatic rings. The molecule has 0 fully saturated rings. The fraction of sp³-hybridized carbons (Fsp3) is 0.744. The molecule has 1 heterocycles. The Morgan fingerprint density at radius 1 is 0.860 bits per heavy atom. The van der Waals surface area contributed by atoms with E-state index in [1.165, 1.54) is 60.3 Å². The Morgan fingerprint density at radius 3 is 1.95 bits per heavy atom. The molecule has 0 saturated carbocycles. The average Bonchev–Trinajstić information content (AvgIpc) is 3.45. The molecular formula is C39H68N2OS. The third kappa shape index (κ3) is 12.3. The van der Waals surface area contributed by atoms with Crippen LogP contribution in [0.15, 0.2) is 23.6 Å². The SMILES string of the molecule is CCC.CCCCCCC(=O)C(CC)C(C)C.CCCN(CCC)c1nc(-c2ccc3c(c2)C(C)(C)CCC3(C)C)cs1. The minimum Gasteiger partial charge on any atom is -0.348 e. The molecule has 0 amide bonds. The number of fused-ring (bicyclic) bond motifs is 1. The number of anilines is 1. The van der Waals surface area contributed by atoms with Crippen LogP contribution in [0.3, 0.4) is 0 Å².